The van der Waals surface area contributed by atoms with Gasteiger partial charge < -0.3 is 14.6 Å². The van der Waals surface area contributed by atoms with E-state index in [4.69, 9.17) is 14.6 Å². The smallest absolute Gasteiger partial charge is 0.328 e. The van der Waals surface area contributed by atoms with Crippen LogP contribution in [0.3, 0.4) is 0 Å². The fourth-order valence-electron chi connectivity index (χ4n) is 2.09. The third-order valence-corrected chi connectivity index (χ3v) is 3.48. The van der Waals surface area contributed by atoms with Gasteiger partial charge >= 0.3 is 5.97 Å². The van der Waals surface area contributed by atoms with E-state index in [0.717, 1.165) is 23.0 Å². The summed E-state index contributed by atoms with van der Waals surface area (Å²) in [6.45, 7) is 4.87. The third-order valence-electron chi connectivity index (χ3n) is 3.48. The minimum absolute atomic E-state index is 0.380. The zero-order valence-corrected chi connectivity index (χ0v) is 13.3. The molecular weight excluding hydrogens is 292 g/mol. The van der Waals surface area contributed by atoms with E-state index in [0.29, 0.717) is 19.0 Å². The Morgan fingerprint density at radius 2 is 1.65 bits per heavy atom. The van der Waals surface area contributed by atoms with Gasteiger partial charge in [-0.3, -0.25) is 0 Å². The van der Waals surface area contributed by atoms with E-state index in [-0.39, 0.29) is 0 Å². The molecule has 23 heavy (non-hydrogen) atoms. The molecule has 0 amide bonds. The maximum atomic E-state index is 10.6. The van der Waals surface area contributed by atoms with Crippen molar-refractivity contribution in [2.24, 2.45) is 0 Å². The molecule has 0 bridgehead atoms. The molecule has 0 unspecified atom stereocenters. The monoisotopic (exact) mass is 312 g/mol. The third kappa shape index (κ3) is 4.88. The second-order valence-corrected chi connectivity index (χ2v) is 5.10. The van der Waals surface area contributed by atoms with Gasteiger partial charge in [-0.15, -0.1) is 0 Å². The van der Waals surface area contributed by atoms with Gasteiger partial charge in [-0.05, 0) is 43.2 Å². The molecular formula is C19H20O4. The first kappa shape index (κ1) is 16.6. The molecule has 4 nitrogen and oxygen atoms in total. The molecule has 0 aliphatic carbocycles. The number of aliphatic carboxylic acids is 1. The highest BCUT2D eigenvalue weighted by Crippen LogP contribution is 2.21. The van der Waals surface area contributed by atoms with Crippen LogP contribution in [0.2, 0.25) is 0 Å². The number of carbonyl (C=O) groups is 1. The Hall–Kier alpha value is -2.75. The van der Waals surface area contributed by atoms with Crippen molar-refractivity contribution < 1.29 is 19.4 Å². The van der Waals surface area contributed by atoms with Gasteiger partial charge in [0.2, 0.25) is 0 Å². The number of para-hydroxylation sites is 1. The highest BCUT2D eigenvalue weighted by atomic mass is 16.5. The molecule has 0 spiro atoms. The minimum atomic E-state index is -0.988. The number of benzene rings is 2. The summed E-state index contributed by atoms with van der Waals surface area (Å²) >= 11 is 0. The van der Waals surface area contributed by atoms with Crippen LogP contribution in [0.4, 0.5) is 0 Å². The highest BCUT2D eigenvalue weighted by molar-refractivity contribution is 5.85. The quantitative estimate of drug-likeness (QED) is 0.623. The maximum absolute atomic E-state index is 10.6. The van der Waals surface area contributed by atoms with Gasteiger partial charge in [0.25, 0.3) is 0 Å². The lowest BCUT2D eigenvalue weighted by Gasteiger charge is -2.12. The van der Waals surface area contributed by atoms with Crippen LogP contribution in [-0.4, -0.2) is 24.3 Å². The summed E-state index contributed by atoms with van der Waals surface area (Å²) in [7, 11) is 0. The van der Waals surface area contributed by atoms with Gasteiger partial charge in [0.1, 0.15) is 24.7 Å². The van der Waals surface area contributed by atoms with Crippen molar-refractivity contribution in [3.05, 3.63) is 65.2 Å². The average molecular weight is 312 g/mol. The molecule has 0 aliphatic rings. The first-order chi connectivity index (χ1) is 11.1. The highest BCUT2D eigenvalue weighted by Gasteiger charge is 2.03. The summed E-state index contributed by atoms with van der Waals surface area (Å²) in [4.78, 5) is 10.6. The number of rotatable bonds is 7. The van der Waals surface area contributed by atoms with Crippen molar-refractivity contribution in [2.45, 2.75) is 13.8 Å². The molecule has 4 heteroatoms. The van der Waals surface area contributed by atoms with Gasteiger partial charge in [0.15, 0.2) is 0 Å². The number of hydrogen-bond acceptors (Lipinski definition) is 3. The predicted molar refractivity (Wildman–Crippen MR) is 90.0 cm³/mol. The molecule has 0 radical (unpaired) electrons. The standard InChI is InChI=1S/C19H20O4/c1-14-6-5-9-17(15(14)2)22-12-13-23-18-8-4-3-7-16(18)10-11-19(20)21/h3-11H,12-13H2,1-2H3,(H,20,21). The lowest BCUT2D eigenvalue weighted by Crippen LogP contribution is -2.10. The van der Waals surface area contributed by atoms with Crippen molar-refractivity contribution in [2.75, 3.05) is 13.2 Å². The zero-order chi connectivity index (χ0) is 16.7. The summed E-state index contributed by atoms with van der Waals surface area (Å²) in [5.41, 5.74) is 3.03. The predicted octanol–water partition coefficient (Wildman–Crippen LogP) is 3.86. The fraction of sp³-hybridized carbons (Fsp3) is 0.211. The molecule has 120 valence electrons. The van der Waals surface area contributed by atoms with Crippen molar-refractivity contribution in [1.29, 1.82) is 0 Å². The Bertz CT molecular complexity index is 704. The van der Waals surface area contributed by atoms with Crippen LogP contribution >= 0.6 is 0 Å². The summed E-state index contributed by atoms with van der Waals surface area (Å²) < 4.78 is 11.4. The first-order valence-electron chi connectivity index (χ1n) is 7.40. The van der Waals surface area contributed by atoms with Crippen LogP contribution in [0.15, 0.2) is 48.5 Å². The molecule has 0 fully saturated rings. The number of hydrogen-bond donors (Lipinski definition) is 1. The Morgan fingerprint density at radius 1 is 1.00 bits per heavy atom. The topological polar surface area (TPSA) is 55.8 Å². The molecule has 2 rings (SSSR count). The molecule has 2 aromatic rings. The molecule has 0 aromatic heterocycles. The molecule has 0 saturated carbocycles. The first-order valence-corrected chi connectivity index (χ1v) is 7.40. The van der Waals surface area contributed by atoms with Crippen molar-refractivity contribution >= 4 is 12.0 Å². The van der Waals surface area contributed by atoms with Gasteiger partial charge in [-0.2, -0.15) is 0 Å². The van der Waals surface area contributed by atoms with E-state index in [1.807, 2.05) is 44.2 Å². The molecule has 0 heterocycles. The summed E-state index contributed by atoms with van der Waals surface area (Å²) in [5.74, 6) is 0.500. The van der Waals surface area contributed by atoms with E-state index in [9.17, 15) is 4.79 Å². The van der Waals surface area contributed by atoms with Crippen LogP contribution in [0, 0.1) is 13.8 Å². The summed E-state index contributed by atoms with van der Waals surface area (Å²) in [5, 5.41) is 8.71. The van der Waals surface area contributed by atoms with E-state index in [1.54, 1.807) is 12.1 Å². The van der Waals surface area contributed by atoms with Crippen molar-refractivity contribution in [1.82, 2.24) is 0 Å². The van der Waals surface area contributed by atoms with E-state index < -0.39 is 5.97 Å². The molecule has 0 aliphatic heterocycles. The lowest BCUT2D eigenvalue weighted by molar-refractivity contribution is -0.131. The van der Waals surface area contributed by atoms with Crippen molar-refractivity contribution in [3.63, 3.8) is 0 Å². The lowest BCUT2D eigenvalue weighted by atomic mass is 10.1. The van der Waals surface area contributed by atoms with Crippen LogP contribution in [0.25, 0.3) is 6.08 Å². The second-order valence-electron chi connectivity index (χ2n) is 5.10. The molecule has 1 N–H and O–H groups in total. The maximum Gasteiger partial charge on any atom is 0.328 e. The Kier molecular flexibility index (Phi) is 5.80. The Balaban J connectivity index is 1.92. The second kappa shape index (κ2) is 8.03. The Labute approximate surface area is 136 Å². The summed E-state index contributed by atoms with van der Waals surface area (Å²) in [6, 6.07) is 13.2. The van der Waals surface area contributed by atoms with Gasteiger partial charge in [-0.25, -0.2) is 4.79 Å². The largest absolute Gasteiger partial charge is 0.490 e. The Morgan fingerprint density at radius 3 is 2.39 bits per heavy atom. The van der Waals surface area contributed by atoms with Crippen LogP contribution in [0.5, 0.6) is 11.5 Å². The SMILES string of the molecule is Cc1cccc(OCCOc2ccccc2C=CC(=O)O)c1C. The van der Waals surface area contributed by atoms with Gasteiger partial charge in [0, 0.05) is 11.6 Å². The van der Waals surface area contributed by atoms with Gasteiger partial charge in [0.05, 0.1) is 0 Å². The normalized spacial score (nSPS) is 10.7. The average Bonchev–Trinajstić information content (AvgIpc) is 2.54. The number of carboxylic acids is 1. The van der Waals surface area contributed by atoms with Crippen LogP contribution < -0.4 is 9.47 Å². The molecule has 0 atom stereocenters. The van der Waals surface area contributed by atoms with Gasteiger partial charge in [-0.1, -0.05) is 30.3 Å². The number of aryl methyl sites for hydroxylation is 1. The molecule has 2 aromatic carbocycles. The van der Waals surface area contributed by atoms with Crippen molar-refractivity contribution in [3.8, 4) is 11.5 Å². The molecule has 0 saturated heterocycles. The summed E-state index contributed by atoms with van der Waals surface area (Å²) in [6.07, 6.45) is 2.61. The zero-order valence-electron chi connectivity index (χ0n) is 13.3. The fourth-order valence-corrected chi connectivity index (χ4v) is 2.09. The number of carboxylic acid groups (broad SMARTS) is 1. The van der Waals surface area contributed by atoms with E-state index in [2.05, 4.69) is 0 Å². The number of ether oxygens (including phenoxy) is 2. The van der Waals surface area contributed by atoms with E-state index in [1.165, 1.54) is 11.6 Å². The van der Waals surface area contributed by atoms with E-state index >= 15 is 0 Å². The van der Waals surface area contributed by atoms with Crippen LogP contribution in [-0.2, 0) is 4.79 Å². The van der Waals surface area contributed by atoms with Crippen LogP contribution in [0.1, 0.15) is 16.7 Å². The minimum Gasteiger partial charge on any atom is -0.490 e.